The van der Waals surface area contributed by atoms with E-state index < -0.39 is 12.0 Å². The molecule has 3 aromatic rings. The number of hydrogen-bond donors (Lipinski definition) is 3. The van der Waals surface area contributed by atoms with Crippen molar-refractivity contribution in [2.45, 2.75) is 45.6 Å². The Kier molecular flexibility index (Phi) is 5.71. The average molecular weight is 435 g/mol. The summed E-state index contributed by atoms with van der Waals surface area (Å²) in [6.45, 7) is 5.97. The van der Waals surface area contributed by atoms with Crippen LogP contribution < -0.4 is 5.56 Å². The first-order valence-electron chi connectivity index (χ1n) is 10.4. The second-order valence-electron chi connectivity index (χ2n) is 9.01. The molecule has 1 atom stereocenters. The largest absolute Gasteiger partial charge is 0.392 e. The molecule has 0 spiro atoms. The van der Waals surface area contributed by atoms with E-state index >= 15 is 0 Å². The van der Waals surface area contributed by atoms with Gasteiger partial charge in [0.05, 0.1) is 19.4 Å². The minimum absolute atomic E-state index is 0.184. The molecule has 166 valence electrons. The lowest BCUT2D eigenvalue weighted by atomic mass is 9.84. The quantitative estimate of drug-likeness (QED) is 0.581. The number of benzene rings is 2. The number of hydrogen-bond acceptors (Lipinski definition) is 5. The van der Waals surface area contributed by atoms with Crippen molar-refractivity contribution in [2.75, 3.05) is 0 Å². The number of aliphatic hydroxyl groups excluding tert-OH is 2. The second kappa shape index (κ2) is 8.33. The van der Waals surface area contributed by atoms with Gasteiger partial charge in [0.15, 0.2) is 6.23 Å². The minimum atomic E-state index is -1.25. The van der Waals surface area contributed by atoms with Crippen molar-refractivity contribution < 1.29 is 14.6 Å². The number of aliphatic hydroxyl groups is 2. The average Bonchev–Trinajstić information content (AvgIpc) is 2.75. The predicted molar refractivity (Wildman–Crippen MR) is 122 cm³/mol. The maximum absolute atomic E-state index is 14.9. The first-order chi connectivity index (χ1) is 15.2. The van der Waals surface area contributed by atoms with Crippen molar-refractivity contribution in [2.24, 2.45) is 5.10 Å². The third kappa shape index (κ3) is 4.22. The zero-order chi connectivity index (χ0) is 23.0. The zero-order valence-corrected chi connectivity index (χ0v) is 18.3. The maximum Gasteiger partial charge on any atom is 0.248 e. The van der Waals surface area contributed by atoms with Crippen LogP contribution in [0.2, 0.25) is 0 Å². The Bertz CT molecular complexity index is 1240. The van der Waals surface area contributed by atoms with Gasteiger partial charge in [0.25, 0.3) is 0 Å². The third-order valence-corrected chi connectivity index (χ3v) is 5.73. The summed E-state index contributed by atoms with van der Waals surface area (Å²) in [5.74, 6) is -0.469. The van der Waals surface area contributed by atoms with E-state index in [1.807, 2.05) is 39.0 Å². The highest BCUT2D eigenvalue weighted by atomic mass is 19.1. The van der Waals surface area contributed by atoms with Crippen LogP contribution in [0.4, 0.5) is 4.39 Å². The SMILES string of the molecule is CC(C)(C)c1cc(F)c2c(c1)C=NN(Cc1ccc(-c3cc[nH]c(=O)c3)cc1CO)C2O. The number of pyridine rings is 1. The molecular formula is C25H26FN3O3. The van der Waals surface area contributed by atoms with Gasteiger partial charge < -0.3 is 15.2 Å². The normalized spacial score (nSPS) is 15.7. The van der Waals surface area contributed by atoms with Gasteiger partial charge in [0, 0.05) is 23.4 Å². The number of aromatic nitrogens is 1. The lowest BCUT2D eigenvalue weighted by Gasteiger charge is -2.31. The monoisotopic (exact) mass is 435 g/mol. The van der Waals surface area contributed by atoms with E-state index in [-0.39, 0.29) is 29.7 Å². The number of H-pyrrole nitrogens is 1. The van der Waals surface area contributed by atoms with E-state index in [1.54, 1.807) is 24.5 Å². The molecule has 0 saturated heterocycles. The van der Waals surface area contributed by atoms with E-state index in [0.717, 1.165) is 22.3 Å². The topological polar surface area (TPSA) is 88.9 Å². The van der Waals surface area contributed by atoms with Gasteiger partial charge in [-0.25, -0.2) is 4.39 Å². The number of hydrazone groups is 1. The van der Waals surface area contributed by atoms with Crippen LogP contribution in [0.1, 0.15) is 54.8 Å². The smallest absolute Gasteiger partial charge is 0.248 e. The van der Waals surface area contributed by atoms with E-state index in [9.17, 15) is 19.4 Å². The van der Waals surface area contributed by atoms with Crippen molar-refractivity contribution in [3.05, 3.63) is 92.6 Å². The van der Waals surface area contributed by atoms with Crippen LogP contribution >= 0.6 is 0 Å². The highest BCUT2D eigenvalue weighted by Crippen LogP contribution is 2.34. The summed E-state index contributed by atoms with van der Waals surface area (Å²) in [5, 5.41) is 26.5. The summed E-state index contributed by atoms with van der Waals surface area (Å²) in [5.41, 5.74) is 4.05. The molecule has 2 aromatic carbocycles. The summed E-state index contributed by atoms with van der Waals surface area (Å²) in [6, 6.07) is 12.1. The molecule has 2 heterocycles. The molecule has 1 aliphatic heterocycles. The number of halogens is 1. The van der Waals surface area contributed by atoms with Gasteiger partial charge in [-0.3, -0.25) is 9.80 Å². The van der Waals surface area contributed by atoms with Crippen LogP contribution in [0.3, 0.4) is 0 Å². The van der Waals surface area contributed by atoms with Gasteiger partial charge in [0.1, 0.15) is 5.82 Å². The standard InChI is InChI=1S/C25H26FN3O3/c1-25(2,3)20-9-18-12-28-29(24(32)23(18)21(26)11-20)13-17-5-4-15(8-19(17)14-30)16-6-7-27-22(31)10-16/h4-12,24,30,32H,13-14H2,1-3H3,(H,27,31). The Hall–Kier alpha value is -3.29. The Morgan fingerprint density at radius 1 is 1.09 bits per heavy atom. The van der Waals surface area contributed by atoms with E-state index in [4.69, 9.17) is 0 Å². The Labute approximate surface area is 185 Å². The molecule has 1 unspecified atom stereocenters. The Balaban J connectivity index is 1.63. The molecule has 0 amide bonds. The molecule has 0 bridgehead atoms. The second-order valence-corrected chi connectivity index (χ2v) is 9.01. The fraction of sp³-hybridized carbons (Fsp3) is 0.280. The molecule has 0 fully saturated rings. The predicted octanol–water partition coefficient (Wildman–Crippen LogP) is 3.81. The molecule has 1 aromatic heterocycles. The van der Waals surface area contributed by atoms with Crippen LogP contribution in [0.15, 0.2) is 58.6 Å². The van der Waals surface area contributed by atoms with Crippen LogP contribution in [0, 0.1) is 5.82 Å². The van der Waals surface area contributed by atoms with Crippen molar-refractivity contribution in [1.82, 2.24) is 9.99 Å². The number of fused-ring (bicyclic) bond motifs is 1. The summed E-state index contributed by atoms with van der Waals surface area (Å²) in [4.78, 5) is 14.2. The zero-order valence-electron chi connectivity index (χ0n) is 18.3. The lowest BCUT2D eigenvalue weighted by molar-refractivity contribution is -0.00795. The molecule has 7 heteroatoms. The van der Waals surface area contributed by atoms with Crippen molar-refractivity contribution in [3.8, 4) is 11.1 Å². The van der Waals surface area contributed by atoms with Gasteiger partial charge >= 0.3 is 0 Å². The lowest BCUT2D eigenvalue weighted by Crippen LogP contribution is -2.29. The highest BCUT2D eigenvalue weighted by Gasteiger charge is 2.29. The van der Waals surface area contributed by atoms with Gasteiger partial charge in [-0.2, -0.15) is 5.10 Å². The number of rotatable bonds is 4. The van der Waals surface area contributed by atoms with Crippen molar-refractivity contribution in [1.29, 1.82) is 0 Å². The minimum Gasteiger partial charge on any atom is -0.392 e. The molecule has 6 nitrogen and oxygen atoms in total. The molecule has 0 aliphatic carbocycles. The maximum atomic E-state index is 14.9. The molecule has 3 N–H and O–H groups in total. The summed E-state index contributed by atoms with van der Waals surface area (Å²) >= 11 is 0. The van der Waals surface area contributed by atoms with Gasteiger partial charge in [-0.05, 0) is 57.5 Å². The molecule has 0 radical (unpaired) electrons. The number of nitrogens with zero attached hydrogens (tertiary/aromatic N) is 2. The number of nitrogens with one attached hydrogen (secondary N) is 1. The summed E-state index contributed by atoms with van der Waals surface area (Å²) < 4.78 is 14.9. The third-order valence-electron chi connectivity index (χ3n) is 5.73. The molecule has 1 aliphatic rings. The van der Waals surface area contributed by atoms with Crippen LogP contribution in [-0.2, 0) is 18.6 Å². The Morgan fingerprint density at radius 2 is 1.84 bits per heavy atom. The van der Waals surface area contributed by atoms with Crippen LogP contribution in [-0.4, -0.2) is 26.4 Å². The van der Waals surface area contributed by atoms with Gasteiger partial charge in [-0.15, -0.1) is 0 Å². The first-order valence-corrected chi connectivity index (χ1v) is 10.4. The first kappa shape index (κ1) is 21.9. The van der Waals surface area contributed by atoms with Crippen LogP contribution in [0.5, 0.6) is 0 Å². The van der Waals surface area contributed by atoms with Gasteiger partial charge in [0.2, 0.25) is 5.56 Å². The molecule has 4 rings (SSSR count). The Morgan fingerprint density at radius 3 is 2.53 bits per heavy atom. The molecular weight excluding hydrogens is 409 g/mol. The van der Waals surface area contributed by atoms with E-state index in [2.05, 4.69) is 10.1 Å². The summed E-state index contributed by atoms with van der Waals surface area (Å²) in [6.07, 6.45) is 1.88. The van der Waals surface area contributed by atoms with Crippen LogP contribution in [0.25, 0.3) is 11.1 Å². The molecule has 32 heavy (non-hydrogen) atoms. The van der Waals surface area contributed by atoms with Gasteiger partial charge in [-0.1, -0.05) is 32.9 Å². The van der Waals surface area contributed by atoms with Crippen molar-refractivity contribution in [3.63, 3.8) is 0 Å². The van der Waals surface area contributed by atoms with E-state index in [0.29, 0.717) is 11.1 Å². The fourth-order valence-electron chi connectivity index (χ4n) is 3.83. The molecule has 0 saturated carbocycles. The fourth-order valence-corrected chi connectivity index (χ4v) is 3.83. The summed E-state index contributed by atoms with van der Waals surface area (Å²) in [7, 11) is 0. The van der Waals surface area contributed by atoms with Crippen molar-refractivity contribution >= 4 is 6.21 Å². The highest BCUT2D eigenvalue weighted by molar-refractivity contribution is 5.83. The number of aromatic amines is 1. The van der Waals surface area contributed by atoms with E-state index in [1.165, 1.54) is 17.1 Å².